The number of amides is 1. The third-order valence-corrected chi connectivity index (χ3v) is 7.05. The molecule has 10 heteroatoms. The maximum absolute atomic E-state index is 13.5. The smallest absolute Gasteiger partial charge is 0.248 e. The largest absolute Gasteiger partial charge is 0.497 e. The van der Waals surface area contributed by atoms with Gasteiger partial charge in [-0.2, -0.15) is 0 Å². The average Bonchev–Trinajstić information content (AvgIpc) is 3.45. The molecule has 3 aromatic rings. The molecule has 0 bridgehead atoms. The van der Waals surface area contributed by atoms with Gasteiger partial charge < -0.3 is 24.4 Å². The Morgan fingerprint density at radius 1 is 1.21 bits per heavy atom. The second-order valence-electron chi connectivity index (χ2n) is 9.58. The molecule has 9 nitrogen and oxygen atoms in total. The minimum Gasteiger partial charge on any atom is -0.497 e. The molecular formula is C29H26FN5O4. The maximum atomic E-state index is 13.5. The van der Waals surface area contributed by atoms with Crippen LogP contribution in [0.2, 0.25) is 0 Å². The molecule has 1 aliphatic carbocycles. The molecule has 2 aliphatic heterocycles. The number of hydrogen-bond donors (Lipinski definition) is 1. The number of aryl methyl sites for hydroxylation is 1. The number of oxazole rings is 1. The molecule has 6 rings (SSSR count). The molecule has 1 unspecified atom stereocenters. The zero-order valence-corrected chi connectivity index (χ0v) is 21.6. The standard InChI is InChI=1S/C29H26FN5O4/c1-17-32-24-9-8-20(10-27(24)39-17)33(2)28(37)16-34-15-23-22-11-21(38-3)12-26(36)29(22)35(25(23)13-31-34)14-18-4-6-19(30)7-5-18/h4-13,15,29,31H,14,16H2,1-3H3. The van der Waals surface area contributed by atoms with E-state index in [1.807, 2.05) is 29.3 Å². The van der Waals surface area contributed by atoms with Gasteiger partial charge in [-0.25, -0.2) is 9.37 Å². The van der Waals surface area contributed by atoms with E-state index in [2.05, 4.69) is 10.4 Å². The molecule has 3 heterocycles. The average molecular weight is 528 g/mol. The van der Waals surface area contributed by atoms with E-state index in [4.69, 9.17) is 9.15 Å². The topological polar surface area (TPSA) is 91.1 Å². The Morgan fingerprint density at radius 3 is 2.77 bits per heavy atom. The normalized spacial score (nSPS) is 18.1. The molecule has 1 atom stereocenters. The minimum atomic E-state index is -0.552. The summed E-state index contributed by atoms with van der Waals surface area (Å²) in [7, 11) is 3.23. The Labute approximate surface area is 224 Å². The third kappa shape index (κ3) is 4.43. The van der Waals surface area contributed by atoms with Gasteiger partial charge in [0, 0.05) is 56.3 Å². The monoisotopic (exact) mass is 527 g/mol. The Bertz CT molecular complexity index is 1620. The first kappa shape index (κ1) is 24.5. The Morgan fingerprint density at radius 2 is 2.00 bits per heavy atom. The molecule has 1 aromatic heterocycles. The summed E-state index contributed by atoms with van der Waals surface area (Å²) in [5, 5.41) is 1.68. The summed E-state index contributed by atoms with van der Waals surface area (Å²) in [4.78, 5) is 34.2. The Balaban J connectivity index is 1.26. The first-order chi connectivity index (χ1) is 18.8. The van der Waals surface area contributed by atoms with Crippen molar-refractivity contribution in [3.8, 4) is 0 Å². The maximum Gasteiger partial charge on any atom is 0.248 e. The molecular weight excluding hydrogens is 501 g/mol. The van der Waals surface area contributed by atoms with E-state index >= 15 is 0 Å². The minimum absolute atomic E-state index is 0.0358. The first-order valence-electron chi connectivity index (χ1n) is 12.4. The van der Waals surface area contributed by atoms with Gasteiger partial charge in [-0.15, -0.1) is 0 Å². The summed E-state index contributed by atoms with van der Waals surface area (Å²) in [5.41, 5.74) is 8.47. The lowest BCUT2D eigenvalue weighted by Gasteiger charge is -2.30. The molecule has 198 valence electrons. The number of nitrogens with one attached hydrogen (secondary N) is 1. The van der Waals surface area contributed by atoms with Gasteiger partial charge in [0.25, 0.3) is 0 Å². The Kier molecular flexibility index (Phi) is 5.94. The first-order valence-corrected chi connectivity index (χ1v) is 12.4. The fourth-order valence-electron chi connectivity index (χ4n) is 5.08. The number of ketones is 1. The molecule has 1 N–H and O–H groups in total. The predicted molar refractivity (Wildman–Crippen MR) is 142 cm³/mol. The van der Waals surface area contributed by atoms with Crippen molar-refractivity contribution >= 4 is 28.5 Å². The van der Waals surface area contributed by atoms with E-state index in [9.17, 15) is 14.0 Å². The lowest BCUT2D eigenvalue weighted by atomic mass is 9.94. The van der Waals surface area contributed by atoms with Crippen LogP contribution < -0.4 is 10.3 Å². The van der Waals surface area contributed by atoms with Crippen molar-refractivity contribution in [3.63, 3.8) is 0 Å². The van der Waals surface area contributed by atoms with Crippen LogP contribution in [0.25, 0.3) is 11.1 Å². The molecule has 3 aliphatic rings. The molecule has 0 radical (unpaired) electrons. The summed E-state index contributed by atoms with van der Waals surface area (Å²) in [6.45, 7) is 2.22. The van der Waals surface area contributed by atoms with E-state index < -0.39 is 6.04 Å². The fraction of sp³-hybridized carbons (Fsp3) is 0.207. The van der Waals surface area contributed by atoms with Crippen molar-refractivity contribution < 1.29 is 23.1 Å². The van der Waals surface area contributed by atoms with Gasteiger partial charge >= 0.3 is 0 Å². The number of aromatic nitrogens is 1. The molecule has 2 aromatic carbocycles. The third-order valence-electron chi connectivity index (χ3n) is 7.05. The Hall–Kier alpha value is -4.86. The molecule has 39 heavy (non-hydrogen) atoms. The second kappa shape index (κ2) is 9.46. The number of likely N-dealkylation sites (tertiary alicyclic amines) is 1. The number of rotatable bonds is 6. The number of fused-ring (bicyclic) bond motifs is 4. The second-order valence-corrected chi connectivity index (χ2v) is 9.58. The highest BCUT2D eigenvalue weighted by atomic mass is 19.1. The van der Waals surface area contributed by atoms with Crippen molar-refractivity contribution in [2.75, 3.05) is 25.6 Å². The van der Waals surface area contributed by atoms with Gasteiger partial charge in [0.2, 0.25) is 5.91 Å². The summed E-state index contributed by atoms with van der Waals surface area (Å²) >= 11 is 0. The van der Waals surface area contributed by atoms with Crippen molar-refractivity contribution in [2.45, 2.75) is 19.5 Å². The number of hydrogen-bond acceptors (Lipinski definition) is 8. The van der Waals surface area contributed by atoms with Gasteiger partial charge in [-0.3, -0.25) is 14.6 Å². The number of benzene rings is 2. The molecule has 0 saturated carbocycles. The van der Waals surface area contributed by atoms with Crippen molar-refractivity contribution in [1.82, 2.24) is 20.3 Å². The van der Waals surface area contributed by atoms with Crippen LogP contribution in [0.15, 0.2) is 94.0 Å². The van der Waals surface area contributed by atoms with Crippen LogP contribution in [-0.4, -0.2) is 53.3 Å². The van der Waals surface area contributed by atoms with Crippen LogP contribution in [-0.2, 0) is 20.9 Å². The number of ether oxygens (including phenoxy) is 1. The lowest BCUT2D eigenvalue weighted by molar-refractivity contribution is -0.119. The van der Waals surface area contributed by atoms with Crippen LogP contribution in [0.3, 0.4) is 0 Å². The van der Waals surface area contributed by atoms with Gasteiger partial charge in [-0.1, -0.05) is 12.1 Å². The number of likely N-dealkylation sites (N-methyl/N-ethyl adjacent to an activating group) is 1. The number of carbonyl (C=O) groups excluding carboxylic acids is 2. The highest BCUT2D eigenvalue weighted by molar-refractivity contribution is 6.01. The fourth-order valence-corrected chi connectivity index (χ4v) is 5.08. The van der Waals surface area contributed by atoms with Gasteiger partial charge in [0.05, 0.1) is 12.8 Å². The zero-order valence-electron chi connectivity index (χ0n) is 21.6. The number of nitrogens with zero attached hydrogens (tertiary/aromatic N) is 4. The van der Waals surface area contributed by atoms with Crippen molar-refractivity contribution in [3.05, 3.63) is 107 Å². The van der Waals surface area contributed by atoms with Crippen LogP contribution >= 0.6 is 0 Å². The molecule has 1 saturated heterocycles. The number of hydrazine groups is 1. The highest BCUT2D eigenvalue weighted by Gasteiger charge is 2.43. The number of anilines is 1. The quantitative estimate of drug-likeness (QED) is 0.519. The summed E-state index contributed by atoms with van der Waals surface area (Å²) < 4.78 is 24.5. The van der Waals surface area contributed by atoms with Crippen LogP contribution in [0.1, 0.15) is 11.5 Å². The SMILES string of the molecule is COC1=CC(=O)C2C(=C1)C1=CN(CC(=O)N(C)c3ccc4nc(C)oc4c3)NC=C1N2Cc1ccc(F)cc1. The summed E-state index contributed by atoms with van der Waals surface area (Å²) in [6.07, 6.45) is 6.96. The van der Waals surface area contributed by atoms with Gasteiger partial charge in [0.1, 0.15) is 29.7 Å². The van der Waals surface area contributed by atoms with Crippen molar-refractivity contribution in [2.24, 2.45) is 0 Å². The molecule has 1 fully saturated rings. The molecule has 1 amide bonds. The van der Waals surface area contributed by atoms with Crippen LogP contribution in [0.5, 0.6) is 0 Å². The van der Waals surface area contributed by atoms with Crippen LogP contribution in [0, 0.1) is 12.7 Å². The van der Waals surface area contributed by atoms with E-state index in [-0.39, 0.29) is 24.1 Å². The number of carbonyl (C=O) groups is 2. The number of allylic oxidation sites excluding steroid dienone is 2. The number of methoxy groups -OCH3 is 1. The molecule has 0 spiro atoms. The van der Waals surface area contributed by atoms with Gasteiger partial charge in [-0.05, 0) is 41.5 Å². The van der Waals surface area contributed by atoms with E-state index in [1.165, 1.54) is 25.3 Å². The van der Waals surface area contributed by atoms with E-state index in [0.717, 1.165) is 27.9 Å². The van der Waals surface area contributed by atoms with Gasteiger partial charge in [0.15, 0.2) is 17.3 Å². The van der Waals surface area contributed by atoms with Crippen molar-refractivity contribution in [1.29, 1.82) is 0 Å². The van der Waals surface area contributed by atoms with E-state index in [0.29, 0.717) is 29.5 Å². The summed E-state index contributed by atoms with van der Waals surface area (Å²) in [6, 6.07) is 11.1. The summed E-state index contributed by atoms with van der Waals surface area (Å²) in [5.74, 6) is 0.448. The van der Waals surface area contributed by atoms with E-state index in [1.54, 1.807) is 48.3 Å². The lowest BCUT2D eigenvalue weighted by Crippen LogP contribution is -2.42. The number of halogens is 1. The highest BCUT2D eigenvalue weighted by Crippen LogP contribution is 2.42. The van der Waals surface area contributed by atoms with Crippen LogP contribution in [0.4, 0.5) is 10.1 Å². The zero-order chi connectivity index (χ0) is 27.3. The predicted octanol–water partition coefficient (Wildman–Crippen LogP) is 3.71.